The fourth-order valence-corrected chi connectivity index (χ4v) is 3.86. The van der Waals surface area contributed by atoms with Crippen molar-refractivity contribution in [2.45, 2.75) is 38.9 Å². The van der Waals surface area contributed by atoms with Gasteiger partial charge in [-0.15, -0.1) is 0 Å². The highest BCUT2D eigenvalue weighted by atomic mass is 19.4. The van der Waals surface area contributed by atoms with Crippen LogP contribution in [0.25, 0.3) is 10.9 Å². The van der Waals surface area contributed by atoms with E-state index in [2.05, 4.69) is 28.0 Å². The van der Waals surface area contributed by atoms with Gasteiger partial charge in [-0.3, -0.25) is 9.67 Å². The van der Waals surface area contributed by atoms with E-state index in [0.717, 1.165) is 54.2 Å². The molecule has 0 atom stereocenters. The zero-order chi connectivity index (χ0) is 19.2. The second kappa shape index (κ2) is 6.55. The van der Waals surface area contributed by atoms with Crippen molar-refractivity contribution in [3.63, 3.8) is 0 Å². The van der Waals surface area contributed by atoms with Gasteiger partial charge >= 0.3 is 6.18 Å². The van der Waals surface area contributed by atoms with Crippen molar-refractivity contribution in [2.75, 3.05) is 18.0 Å². The number of aromatic nitrogens is 3. The number of aryl methyl sites for hydroxylation is 1. The molecule has 0 saturated carbocycles. The molecule has 2 aromatic heterocycles. The molecule has 1 aromatic carbocycles. The Morgan fingerprint density at radius 3 is 2.41 bits per heavy atom. The molecule has 27 heavy (non-hydrogen) atoms. The lowest BCUT2D eigenvalue weighted by molar-refractivity contribution is -0.141. The van der Waals surface area contributed by atoms with E-state index in [1.54, 1.807) is 0 Å². The lowest BCUT2D eigenvalue weighted by atomic mass is 10.0. The second-order valence-electron chi connectivity index (χ2n) is 7.08. The van der Waals surface area contributed by atoms with Gasteiger partial charge in [0.05, 0.1) is 17.2 Å². The summed E-state index contributed by atoms with van der Waals surface area (Å²) >= 11 is 0. The summed E-state index contributed by atoms with van der Waals surface area (Å²) in [6, 6.07) is 9.13. The standard InChI is InChI=1S/C20H21F3N4/c1-13-14(2)24-17-6-4-3-5-16(17)19(13)26-10-7-15(8-11-26)27-12-9-18(25-27)20(21,22)23/h3-6,9,12,15H,7-8,10-11H2,1-2H3. The van der Waals surface area contributed by atoms with Gasteiger partial charge in [-0.2, -0.15) is 18.3 Å². The van der Waals surface area contributed by atoms with Crippen molar-refractivity contribution in [1.29, 1.82) is 0 Å². The van der Waals surface area contributed by atoms with Gasteiger partial charge in [0.15, 0.2) is 5.69 Å². The Balaban J connectivity index is 1.57. The molecule has 1 aliphatic heterocycles. The number of nitrogens with zero attached hydrogens (tertiary/aromatic N) is 4. The lowest BCUT2D eigenvalue weighted by Crippen LogP contribution is -2.35. The van der Waals surface area contributed by atoms with Crippen LogP contribution in [-0.4, -0.2) is 27.9 Å². The van der Waals surface area contributed by atoms with Crippen molar-refractivity contribution in [3.8, 4) is 0 Å². The van der Waals surface area contributed by atoms with Gasteiger partial charge in [0.1, 0.15) is 0 Å². The first kappa shape index (κ1) is 17.8. The minimum Gasteiger partial charge on any atom is -0.371 e. The van der Waals surface area contributed by atoms with Crippen LogP contribution in [0.15, 0.2) is 36.5 Å². The molecule has 0 bridgehead atoms. The highest BCUT2D eigenvalue weighted by Crippen LogP contribution is 2.35. The maximum absolute atomic E-state index is 12.8. The number of hydrogen-bond acceptors (Lipinski definition) is 3. The molecule has 0 aliphatic carbocycles. The third-order valence-electron chi connectivity index (χ3n) is 5.40. The Hall–Kier alpha value is -2.57. The molecular weight excluding hydrogens is 353 g/mol. The Labute approximate surface area is 155 Å². The monoisotopic (exact) mass is 374 g/mol. The maximum Gasteiger partial charge on any atom is 0.435 e. The van der Waals surface area contributed by atoms with Gasteiger partial charge in [0.2, 0.25) is 0 Å². The van der Waals surface area contributed by atoms with Crippen LogP contribution in [0.1, 0.15) is 35.8 Å². The van der Waals surface area contributed by atoms with E-state index in [1.807, 2.05) is 25.1 Å². The number of hydrogen-bond donors (Lipinski definition) is 0. The van der Waals surface area contributed by atoms with Crippen molar-refractivity contribution < 1.29 is 13.2 Å². The van der Waals surface area contributed by atoms with E-state index in [0.29, 0.717) is 0 Å². The van der Waals surface area contributed by atoms with Crippen LogP contribution in [0, 0.1) is 13.8 Å². The fourth-order valence-electron chi connectivity index (χ4n) is 3.86. The average molecular weight is 374 g/mol. The van der Waals surface area contributed by atoms with Crippen LogP contribution in [0.3, 0.4) is 0 Å². The number of anilines is 1. The van der Waals surface area contributed by atoms with E-state index >= 15 is 0 Å². The highest BCUT2D eigenvalue weighted by molar-refractivity contribution is 5.93. The van der Waals surface area contributed by atoms with E-state index in [-0.39, 0.29) is 6.04 Å². The summed E-state index contributed by atoms with van der Waals surface area (Å²) in [6.07, 6.45) is -1.43. The normalized spacial score (nSPS) is 16.3. The molecule has 3 heterocycles. The fraction of sp³-hybridized carbons (Fsp3) is 0.400. The average Bonchev–Trinajstić information content (AvgIpc) is 3.14. The summed E-state index contributed by atoms with van der Waals surface area (Å²) in [5.41, 5.74) is 3.50. The number of piperidine rings is 1. The molecule has 0 N–H and O–H groups in total. The van der Waals surface area contributed by atoms with Crippen LogP contribution in [0.5, 0.6) is 0 Å². The zero-order valence-electron chi connectivity index (χ0n) is 15.3. The summed E-state index contributed by atoms with van der Waals surface area (Å²) in [7, 11) is 0. The maximum atomic E-state index is 12.8. The SMILES string of the molecule is Cc1nc2ccccc2c(N2CCC(n3ccc(C(F)(F)F)n3)CC2)c1C. The van der Waals surface area contributed by atoms with Crippen LogP contribution in [-0.2, 0) is 6.18 Å². The summed E-state index contributed by atoms with van der Waals surface area (Å²) in [5, 5.41) is 4.87. The van der Waals surface area contributed by atoms with Crippen LogP contribution in [0.4, 0.5) is 18.9 Å². The lowest BCUT2D eigenvalue weighted by Gasteiger charge is -2.35. The molecular formula is C20H21F3N4. The van der Waals surface area contributed by atoms with Crippen molar-refractivity contribution >= 4 is 16.6 Å². The minimum absolute atomic E-state index is 0.00754. The second-order valence-corrected chi connectivity index (χ2v) is 7.08. The number of alkyl halides is 3. The molecule has 4 rings (SSSR count). The Morgan fingerprint density at radius 1 is 1.04 bits per heavy atom. The molecule has 3 aromatic rings. The molecule has 0 amide bonds. The van der Waals surface area contributed by atoms with Gasteiger partial charge in [-0.05, 0) is 44.4 Å². The summed E-state index contributed by atoms with van der Waals surface area (Å²) in [6.45, 7) is 5.65. The molecule has 0 spiro atoms. The Bertz CT molecular complexity index is 969. The van der Waals surface area contributed by atoms with Crippen LogP contribution >= 0.6 is 0 Å². The third kappa shape index (κ3) is 3.26. The molecule has 1 fully saturated rings. The van der Waals surface area contributed by atoms with Gasteiger partial charge in [-0.1, -0.05) is 18.2 Å². The van der Waals surface area contributed by atoms with E-state index in [4.69, 9.17) is 0 Å². The number of benzene rings is 1. The predicted octanol–water partition coefficient (Wildman–Crippen LogP) is 4.91. The summed E-state index contributed by atoms with van der Waals surface area (Å²) in [5.74, 6) is 0. The third-order valence-corrected chi connectivity index (χ3v) is 5.40. The molecule has 0 radical (unpaired) electrons. The van der Waals surface area contributed by atoms with E-state index < -0.39 is 11.9 Å². The molecule has 4 nitrogen and oxygen atoms in total. The topological polar surface area (TPSA) is 34.0 Å². The number of fused-ring (bicyclic) bond motifs is 1. The highest BCUT2D eigenvalue weighted by Gasteiger charge is 2.34. The van der Waals surface area contributed by atoms with Crippen LogP contribution in [0.2, 0.25) is 0 Å². The summed E-state index contributed by atoms with van der Waals surface area (Å²) in [4.78, 5) is 7.00. The minimum atomic E-state index is -4.39. The van der Waals surface area contributed by atoms with Gasteiger partial charge in [-0.25, -0.2) is 0 Å². The number of para-hydroxylation sites is 1. The van der Waals surface area contributed by atoms with Crippen molar-refractivity contribution in [2.24, 2.45) is 0 Å². The zero-order valence-corrected chi connectivity index (χ0v) is 15.3. The predicted molar refractivity (Wildman–Crippen MR) is 98.9 cm³/mol. The van der Waals surface area contributed by atoms with Crippen molar-refractivity contribution in [3.05, 3.63) is 53.5 Å². The smallest absolute Gasteiger partial charge is 0.371 e. The number of pyridine rings is 1. The Morgan fingerprint density at radius 2 is 1.74 bits per heavy atom. The Kier molecular flexibility index (Phi) is 4.32. The molecule has 7 heteroatoms. The number of halogens is 3. The van der Waals surface area contributed by atoms with E-state index in [1.165, 1.54) is 16.6 Å². The first-order valence-electron chi connectivity index (χ1n) is 9.08. The quantitative estimate of drug-likeness (QED) is 0.639. The first-order valence-corrected chi connectivity index (χ1v) is 9.08. The molecule has 0 unspecified atom stereocenters. The van der Waals surface area contributed by atoms with Crippen molar-refractivity contribution in [1.82, 2.24) is 14.8 Å². The van der Waals surface area contributed by atoms with Gasteiger partial charge in [0, 0.05) is 30.4 Å². The van der Waals surface area contributed by atoms with Gasteiger partial charge < -0.3 is 4.90 Å². The molecule has 1 aliphatic rings. The van der Waals surface area contributed by atoms with Gasteiger partial charge in [0.25, 0.3) is 0 Å². The van der Waals surface area contributed by atoms with Crippen LogP contribution < -0.4 is 4.90 Å². The number of rotatable bonds is 2. The largest absolute Gasteiger partial charge is 0.435 e. The summed E-state index contributed by atoms with van der Waals surface area (Å²) < 4.78 is 39.9. The van der Waals surface area contributed by atoms with E-state index in [9.17, 15) is 13.2 Å². The first-order chi connectivity index (χ1) is 12.8. The molecule has 142 valence electrons. The molecule has 1 saturated heterocycles.